The maximum atomic E-state index is 12.1. The molecule has 0 aliphatic heterocycles. The van der Waals surface area contributed by atoms with Crippen molar-refractivity contribution in [2.24, 2.45) is 0 Å². The molecule has 1 aromatic rings. The molecular weight excluding hydrogens is 555 g/mol. The Hall–Kier alpha value is -0.103. The summed E-state index contributed by atoms with van der Waals surface area (Å²) in [6.07, 6.45) is 0. The predicted molar refractivity (Wildman–Crippen MR) is 100 cm³/mol. The fourth-order valence-corrected chi connectivity index (χ4v) is 2.88. The minimum absolute atomic E-state index is 0. The van der Waals surface area contributed by atoms with Gasteiger partial charge in [-0.2, -0.15) is 79.3 Å². The van der Waals surface area contributed by atoms with Crippen LogP contribution in [0.3, 0.4) is 0 Å². The summed E-state index contributed by atoms with van der Waals surface area (Å²) in [6, 6.07) is 4.09. The molecule has 0 spiro atoms. The molecule has 0 aliphatic rings. The molecule has 1 rings (SSSR count). The van der Waals surface area contributed by atoms with Crippen molar-refractivity contribution in [1.29, 1.82) is 0 Å². The van der Waals surface area contributed by atoms with E-state index in [1.807, 2.05) is 20.8 Å². The first-order chi connectivity index (χ1) is 12.0. The van der Waals surface area contributed by atoms with Crippen molar-refractivity contribution < 1.29 is 52.2 Å². The molecule has 27 heavy (non-hydrogen) atoms. The first kappa shape index (κ1) is 34.4. The van der Waals surface area contributed by atoms with E-state index in [-0.39, 0.29) is 25.8 Å². The van der Waals surface area contributed by atoms with Gasteiger partial charge < -0.3 is 16.0 Å². The van der Waals surface area contributed by atoms with Crippen LogP contribution in [0, 0.1) is 0 Å². The number of nitrogens with zero attached hydrogens (tertiary/aromatic N) is 3. The van der Waals surface area contributed by atoms with Crippen LogP contribution in [0.4, 0.5) is 26.3 Å². The summed E-state index contributed by atoms with van der Waals surface area (Å²) in [5.41, 5.74) is 0. The zero-order chi connectivity index (χ0) is 21.2. The van der Waals surface area contributed by atoms with Gasteiger partial charge in [0.2, 0.25) is 0 Å². The van der Waals surface area contributed by atoms with Crippen LogP contribution in [0.5, 0.6) is 0 Å². The van der Waals surface area contributed by atoms with Crippen molar-refractivity contribution in [2.75, 3.05) is 40.8 Å². The zero-order valence-electron chi connectivity index (χ0n) is 16.6. The molecule has 0 heterocycles. The van der Waals surface area contributed by atoms with Gasteiger partial charge in [0.1, 0.15) is 0 Å². The summed E-state index contributed by atoms with van der Waals surface area (Å²) in [5.74, 6) is -10.3. The maximum absolute atomic E-state index is 12.1. The van der Waals surface area contributed by atoms with Crippen molar-refractivity contribution in [3.8, 4) is 0 Å². The van der Waals surface area contributed by atoms with E-state index in [1.54, 1.807) is 21.1 Å². The Morgan fingerprint density at radius 3 is 1.07 bits per heavy atom. The van der Waals surface area contributed by atoms with Gasteiger partial charge in [0.15, 0.2) is 0 Å². The minimum Gasteiger partial charge on any atom is -0.665 e. The van der Waals surface area contributed by atoms with Crippen LogP contribution < -0.4 is 5.19 Å². The van der Waals surface area contributed by atoms with E-state index in [0.29, 0.717) is 0 Å². The van der Waals surface area contributed by atoms with Crippen LogP contribution in [0.25, 0.3) is 16.0 Å². The Balaban J connectivity index is -0.000000169. The van der Waals surface area contributed by atoms with Crippen molar-refractivity contribution in [1.82, 2.24) is 0 Å². The number of hydrogen-bond acceptors (Lipinski definition) is 0. The monoisotopic (exact) mass is 585 g/mol. The molecule has 0 amide bonds. The molecule has 0 fully saturated rings. The third-order valence-corrected chi connectivity index (χ3v) is 4.99. The quantitative estimate of drug-likeness (QED) is 0.270. The van der Waals surface area contributed by atoms with Crippen molar-refractivity contribution in [3.63, 3.8) is 0 Å². The molecule has 0 saturated carbocycles. The Morgan fingerprint density at radius 2 is 0.926 bits per heavy atom. The summed E-state index contributed by atoms with van der Waals surface area (Å²) >= 11 is 0. The van der Waals surface area contributed by atoms with Gasteiger partial charge in [0.25, 0.3) is 8.80 Å². The summed E-state index contributed by atoms with van der Waals surface area (Å²) in [5, 5.41) is 10.6. The van der Waals surface area contributed by atoms with Crippen LogP contribution in [-0.2, 0) is 25.8 Å². The molecule has 158 valence electrons. The molecule has 1 aromatic carbocycles. The maximum Gasteiger partial charge on any atom is 4.00 e. The van der Waals surface area contributed by atoms with E-state index >= 15 is 0 Å². The molecule has 0 atom stereocenters. The molecule has 0 radical (unpaired) electrons. The van der Waals surface area contributed by atoms with E-state index in [2.05, 4.69) is 16.0 Å². The fraction of sp³-hybridized carbons (Fsp3) is 0.688. The standard InChI is InChI=1S/C7H5F6Si.3C3H8N.Hf/c8-6(9,10)14(7(11,12)13)5-3-1-2-4-5;3*1-3-4-2;/h1-4,14H;3*3H2,1-2H3;/q4*-1;+4. The molecule has 0 aliphatic carbocycles. The van der Waals surface area contributed by atoms with Gasteiger partial charge in [0, 0.05) is 0 Å². The Labute approximate surface area is 179 Å². The first-order valence-corrected chi connectivity index (χ1v) is 9.72. The fourth-order valence-electron chi connectivity index (χ4n) is 1.14. The third-order valence-electron chi connectivity index (χ3n) is 2.63. The van der Waals surface area contributed by atoms with E-state index in [0.717, 1.165) is 31.8 Å². The van der Waals surface area contributed by atoms with Gasteiger partial charge in [-0.15, -0.1) is 5.19 Å². The van der Waals surface area contributed by atoms with Gasteiger partial charge in [-0.1, -0.05) is 20.8 Å². The van der Waals surface area contributed by atoms with Gasteiger partial charge in [0.05, 0.1) is 0 Å². The van der Waals surface area contributed by atoms with E-state index in [1.165, 1.54) is 12.1 Å². The van der Waals surface area contributed by atoms with Crippen LogP contribution >= 0.6 is 0 Å². The van der Waals surface area contributed by atoms with Crippen molar-refractivity contribution in [3.05, 3.63) is 40.2 Å². The van der Waals surface area contributed by atoms with E-state index in [4.69, 9.17) is 0 Å². The second-order valence-corrected chi connectivity index (χ2v) is 7.47. The molecule has 0 saturated heterocycles. The van der Waals surface area contributed by atoms with Crippen molar-refractivity contribution >= 4 is 14.0 Å². The number of halogens is 6. The number of alkyl halides is 6. The zero-order valence-corrected chi connectivity index (χ0v) is 21.4. The summed E-state index contributed by atoms with van der Waals surface area (Å²) in [6.45, 7) is 8.88. The van der Waals surface area contributed by atoms with Crippen LogP contribution in [0.2, 0.25) is 0 Å². The van der Waals surface area contributed by atoms with Gasteiger partial charge in [-0.05, 0) is 0 Å². The first-order valence-electron chi connectivity index (χ1n) is 7.99. The number of rotatable bonds is 4. The molecule has 0 N–H and O–H groups in total. The summed E-state index contributed by atoms with van der Waals surface area (Å²) in [7, 11) is 0.497. The van der Waals surface area contributed by atoms with Crippen molar-refractivity contribution in [2.45, 2.75) is 32.4 Å². The summed E-state index contributed by atoms with van der Waals surface area (Å²) < 4.78 is 72.7. The SMILES string of the molecule is CC[N-]C.CC[N-]C.CC[N-]C.FC(F)(F)[SiH]([c-]1cccc1)C(F)(F)F.[Hf+4]. The van der Waals surface area contributed by atoms with Crippen LogP contribution in [0.1, 0.15) is 20.8 Å². The topological polar surface area (TPSA) is 42.3 Å². The van der Waals surface area contributed by atoms with Crippen LogP contribution in [-0.4, -0.2) is 61.2 Å². The van der Waals surface area contributed by atoms with Gasteiger partial charge in [-0.25, -0.2) is 12.1 Å². The molecule has 3 nitrogen and oxygen atoms in total. The largest absolute Gasteiger partial charge is 4.00 e. The van der Waals surface area contributed by atoms with E-state index in [9.17, 15) is 26.3 Å². The van der Waals surface area contributed by atoms with E-state index < -0.39 is 25.6 Å². The average Bonchev–Trinajstić information content (AvgIpc) is 3.06. The average molecular weight is 584 g/mol. The van der Waals surface area contributed by atoms with Gasteiger partial charge >= 0.3 is 37.4 Å². The predicted octanol–water partition coefficient (Wildman–Crippen LogP) is 5.07. The Morgan fingerprint density at radius 1 is 0.704 bits per heavy atom. The van der Waals surface area contributed by atoms with Crippen LogP contribution in [0.15, 0.2) is 24.3 Å². The molecule has 11 heteroatoms. The minimum atomic E-state index is -5.16. The smallest absolute Gasteiger partial charge is 0.665 e. The molecule has 0 aromatic heterocycles. The normalized spacial score (nSPS) is 10.4. The van der Waals surface area contributed by atoms with Gasteiger partial charge in [-0.3, -0.25) is 0 Å². The number of hydrogen-bond donors (Lipinski definition) is 0. The summed E-state index contributed by atoms with van der Waals surface area (Å²) in [4.78, 5) is 0. The third kappa shape index (κ3) is 22.1. The molecule has 0 bridgehead atoms. The second kappa shape index (κ2) is 20.6. The molecular formula is C16H29F6HfN3Si. The second-order valence-electron chi connectivity index (χ2n) is 4.63. The molecule has 0 unspecified atom stereocenters. The Bertz CT molecular complexity index is 357. The Kier molecular flexibility index (Phi) is 26.3.